The monoisotopic (exact) mass is 336 g/mol. The van der Waals surface area contributed by atoms with Gasteiger partial charge in [0.25, 0.3) is 0 Å². The predicted octanol–water partition coefficient (Wildman–Crippen LogP) is 1.52. The highest BCUT2D eigenvalue weighted by Gasteiger charge is 2.55. The SMILES string of the molecule is COc1cccc([C@H]2CN(S(C)(=O)=O)[C@@H]3C4CCN(CC4)[C@H]23)c1. The van der Waals surface area contributed by atoms with Crippen LogP contribution >= 0.6 is 0 Å². The van der Waals surface area contributed by atoms with Gasteiger partial charge in [0.15, 0.2) is 0 Å². The van der Waals surface area contributed by atoms with Crippen molar-refractivity contribution < 1.29 is 13.2 Å². The van der Waals surface area contributed by atoms with E-state index in [1.807, 2.05) is 12.1 Å². The number of fused-ring (bicyclic) bond motifs is 2. The normalized spacial score (nSPS) is 36.9. The molecule has 0 spiro atoms. The zero-order valence-corrected chi connectivity index (χ0v) is 14.5. The van der Waals surface area contributed by atoms with E-state index in [0.717, 1.165) is 31.7 Å². The average Bonchev–Trinajstić information content (AvgIpc) is 2.99. The molecule has 0 amide bonds. The fourth-order valence-electron chi connectivity index (χ4n) is 4.91. The Kier molecular flexibility index (Phi) is 3.66. The molecule has 0 aliphatic carbocycles. The van der Waals surface area contributed by atoms with Crippen LogP contribution in [0.5, 0.6) is 5.75 Å². The van der Waals surface area contributed by atoms with Crippen molar-refractivity contribution in [3.05, 3.63) is 29.8 Å². The number of hydrogen-bond acceptors (Lipinski definition) is 4. The Morgan fingerprint density at radius 1 is 1.17 bits per heavy atom. The summed E-state index contributed by atoms with van der Waals surface area (Å²) < 4.78 is 31.8. The lowest BCUT2D eigenvalue weighted by Crippen LogP contribution is -2.60. The second kappa shape index (κ2) is 5.46. The van der Waals surface area contributed by atoms with Crippen LogP contribution in [-0.4, -0.2) is 62.7 Å². The summed E-state index contributed by atoms with van der Waals surface area (Å²) in [6.45, 7) is 2.79. The Labute approximate surface area is 138 Å². The number of benzene rings is 1. The van der Waals surface area contributed by atoms with Crippen LogP contribution in [0, 0.1) is 5.92 Å². The van der Waals surface area contributed by atoms with Crippen LogP contribution in [-0.2, 0) is 10.0 Å². The van der Waals surface area contributed by atoms with Crippen molar-refractivity contribution in [2.24, 2.45) is 5.92 Å². The van der Waals surface area contributed by atoms with Crippen molar-refractivity contribution in [1.82, 2.24) is 9.21 Å². The molecule has 6 heteroatoms. The van der Waals surface area contributed by atoms with Gasteiger partial charge in [-0.15, -0.1) is 0 Å². The molecule has 3 atom stereocenters. The molecule has 5 nitrogen and oxygen atoms in total. The first-order valence-electron chi connectivity index (χ1n) is 8.34. The van der Waals surface area contributed by atoms with E-state index in [-0.39, 0.29) is 12.0 Å². The Balaban J connectivity index is 1.75. The highest BCUT2D eigenvalue weighted by Crippen LogP contribution is 2.47. The van der Waals surface area contributed by atoms with Crippen molar-refractivity contribution in [2.75, 3.05) is 33.0 Å². The standard InChI is InChI=1S/C17H24N2O3S/c1-22-14-5-3-4-13(10-14)15-11-19(23(2,20)21)16-12-6-8-18(9-7-12)17(15)16/h3-5,10,12,15-17H,6-9,11H2,1-2H3/t15-,16-,17-/m1/s1. The van der Waals surface area contributed by atoms with Crippen LogP contribution in [0.2, 0.25) is 0 Å². The fourth-order valence-corrected chi connectivity index (χ4v) is 6.08. The molecule has 4 aliphatic heterocycles. The van der Waals surface area contributed by atoms with Gasteiger partial charge < -0.3 is 4.74 Å². The third-order valence-corrected chi connectivity index (χ3v) is 7.14. The minimum Gasteiger partial charge on any atom is -0.497 e. The number of ether oxygens (including phenoxy) is 1. The second-order valence-electron chi connectivity index (χ2n) is 7.07. The van der Waals surface area contributed by atoms with Gasteiger partial charge in [-0.1, -0.05) is 12.1 Å². The van der Waals surface area contributed by atoms with E-state index in [0.29, 0.717) is 18.5 Å². The van der Waals surface area contributed by atoms with Gasteiger partial charge in [0.05, 0.1) is 13.4 Å². The van der Waals surface area contributed by atoms with Crippen LogP contribution in [0.25, 0.3) is 0 Å². The summed E-state index contributed by atoms with van der Waals surface area (Å²) >= 11 is 0. The lowest BCUT2D eigenvalue weighted by atomic mass is 9.75. The predicted molar refractivity (Wildman–Crippen MR) is 89.2 cm³/mol. The van der Waals surface area contributed by atoms with Crippen molar-refractivity contribution in [1.29, 1.82) is 0 Å². The van der Waals surface area contributed by atoms with E-state index in [9.17, 15) is 8.42 Å². The van der Waals surface area contributed by atoms with Gasteiger partial charge in [0.2, 0.25) is 10.0 Å². The van der Waals surface area contributed by atoms with Crippen LogP contribution < -0.4 is 4.74 Å². The molecule has 126 valence electrons. The van der Waals surface area contributed by atoms with Crippen molar-refractivity contribution in [2.45, 2.75) is 30.8 Å². The first-order valence-corrected chi connectivity index (χ1v) is 10.2. The number of methoxy groups -OCH3 is 1. The van der Waals surface area contributed by atoms with E-state index in [2.05, 4.69) is 17.0 Å². The minimum absolute atomic E-state index is 0.142. The molecule has 4 saturated heterocycles. The lowest BCUT2D eigenvalue weighted by molar-refractivity contribution is 0.0124. The molecule has 4 fully saturated rings. The van der Waals surface area contributed by atoms with Crippen molar-refractivity contribution >= 4 is 10.0 Å². The van der Waals surface area contributed by atoms with Gasteiger partial charge in [-0.2, -0.15) is 4.31 Å². The maximum atomic E-state index is 12.3. The highest BCUT2D eigenvalue weighted by atomic mass is 32.2. The van der Waals surface area contributed by atoms with Crippen LogP contribution in [0.4, 0.5) is 0 Å². The average molecular weight is 336 g/mol. The van der Waals surface area contributed by atoms with Crippen molar-refractivity contribution in [3.63, 3.8) is 0 Å². The van der Waals surface area contributed by atoms with Crippen LogP contribution in [0.15, 0.2) is 24.3 Å². The third-order valence-electron chi connectivity index (χ3n) is 5.90. The molecule has 0 aromatic heterocycles. The number of sulfonamides is 1. The summed E-state index contributed by atoms with van der Waals surface area (Å²) in [6.07, 6.45) is 3.60. The minimum atomic E-state index is -3.18. The van der Waals surface area contributed by atoms with Gasteiger partial charge in [0, 0.05) is 24.5 Å². The molecule has 2 bridgehead atoms. The molecule has 4 heterocycles. The molecular formula is C17H24N2O3S. The molecule has 1 aromatic carbocycles. The molecule has 4 aliphatic rings. The van der Waals surface area contributed by atoms with Gasteiger partial charge in [0.1, 0.15) is 5.75 Å². The lowest BCUT2D eigenvalue weighted by Gasteiger charge is -2.50. The Morgan fingerprint density at radius 3 is 2.57 bits per heavy atom. The molecule has 0 saturated carbocycles. The summed E-state index contributed by atoms with van der Waals surface area (Å²) in [5.41, 5.74) is 1.19. The Bertz CT molecular complexity index is 698. The van der Waals surface area contributed by atoms with E-state index < -0.39 is 10.0 Å². The number of nitrogens with zero attached hydrogens (tertiary/aromatic N) is 2. The maximum absolute atomic E-state index is 12.3. The first-order chi connectivity index (χ1) is 11.0. The van der Waals surface area contributed by atoms with E-state index >= 15 is 0 Å². The first kappa shape index (κ1) is 15.4. The van der Waals surface area contributed by atoms with Crippen molar-refractivity contribution in [3.8, 4) is 5.75 Å². The van der Waals surface area contributed by atoms with E-state index in [1.165, 1.54) is 11.8 Å². The summed E-state index contributed by atoms with van der Waals surface area (Å²) in [5.74, 6) is 1.58. The summed E-state index contributed by atoms with van der Waals surface area (Å²) in [6, 6.07) is 8.57. The molecule has 1 aromatic rings. The largest absolute Gasteiger partial charge is 0.497 e. The number of rotatable bonds is 3. The fraction of sp³-hybridized carbons (Fsp3) is 0.647. The van der Waals surface area contributed by atoms with E-state index in [1.54, 1.807) is 11.4 Å². The molecule has 0 unspecified atom stereocenters. The zero-order valence-electron chi connectivity index (χ0n) is 13.7. The van der Waals surface area contributed by atoms with E-state index in [4.69, 9.17) is 4.74 Å². The van der Waals surface area contributed by atoms with Gasteiger partial charge in [-0.05, 0) is 49.5 Å². The molecule has 23 heavy (non-hydrogen) atoms. The maximum Gasteiger partial charge on any atom is 0.211 e. The van der Waals surface area contributed by atoms with Gasteiger partial charge >= 0.3 is 0 Å². The topological polar surface area (TPSA) is 49.9 Å². The molecule has 0 N–H and O–H groups in total. The summed E-state index contributed by atoms with van der Waals surface area (Å²) in [7, 11) is -1.50. The van der Waals surface area contributed by atoms with Crippen LogP contribution in [0.1, 0.15) is 24.3 Å². The molecule has 0 radical (unpaired) electrons. The quantitative estimate of drug-likeness (QED) is 0.840. The zero-order chi connectivity index (χ0) is 16.2. The number of piperidine rings is 3. The van der Waals surface area contributed by atoms with Gasteiger partial charge in [-0.25, -0.2) is 8.42 Å². The Morgan fingerprint density at radius 2 is 1.91 bits per heavy atom. The second-order valence-corrected chi connectivity index (χ2v) is 9.01. The molecule has 5 rings (SSSR count). The van der Waals surface area contributed by atoms with Crippen LogP contribution in [0.3, 0.4) is 0 Å². The molecular weight excluding hydrogens is 312 g/mol. The number of hydrogen-bond donors (Lipinski definition) is 0. The highest BCUT2D eigenvalue weighted by molar-refractivity contribution is 7.88. The van der Waals surface area contributed by atoms with Gasteiger partial charge in [-0.3, -0.25) is 4.90 Å². The third kappa shape index (κ3) is 2.47. The smallest absolute Gasteiger partial charge is 0.211 e. The summed E-state index contributed by atoms with van der Waals surface area (Å²) in [5, 5.41) is 0. The summed E-state index contributed by atoms with van der Waals surface area (Å²) in [4.78, 5) is 2.51. The Hall–Kier alpha value is -1.11.